The highest BCUT2D eigenvalue weighted by Gasteiger charge is 2.41. The maximum Gasteiger partial charge on any atom is 0.159 e. The Bertz CT molecular complexity index is 533. The standard InChI is InChI=1S/C17H24O2/c1-10(18)12-8-13(16(3,4)5)15-14(9-12)17(6,7)11(2)19-15/h8-9,11H,1-7H3. The van der Waals surface area contributed by atoms with Crippen LogP contribution in [0.15, 0.2) is 12.1 Å². The summed E-state index contributed by atoms with van der Waals surface area (Å²) in [5.41, 5.74) is 3.00. The zero-order valence-corrected chi connectivity index (χ0v) is 13.0. The first-order valence-electron chi connectivity index (χ1n) is 6.91. The van der Waals surface area contributed by atoms with Crippen molar-refractivity contribution in [2.24, 2.45) is 0 Å². The first-order valence-corrected chi connectivity index (χ1v) is 6.91. The molecule has 1 atom stereocenters. The van der Waals surface area contributed by atoms with E-state index in [1.807, 2.05) is 12.1 Å². The number of carbonyl (C=O) groups is 1. The first-order chi connectivity index (χ1) is 8.55. The minimum atomic E-state index is -0.0548. The highest BCUT2D eigenvalue weighted by Crippen LogP contribution is 2.48. The van der Waals surface area contributed by atoms with Gasteiger partial charge in [0.2, 0.25) is 0 Å². The molecule has 104 valence electrons. The molecule has 1 heterocycles. The van der Waals surface area contributed by atoms with Crippen molar-refractivity contribution < 1.29 is 9.53 Å². The maximum atomic E-state index is 11.8. The molecule has 2 rings (SSSR count). The summed E-state index contributed by atoms with van der Waals surface area (Å²) in [7, 11) is 0. The summed E-state index contributed by atoms with van der Waals surface area (Å²) >= 11 is 0. The van der Waals surface area contributed by atoms with Crippen molar-refractivity contribution in [2.75, 3.05) is 0 Å². The number of fused-ring (bicyclic) bond motifs is 1. The lowest BCUT2D eigenvalue weighted by molar-refractivity contribution is 0.101. The van der Waals surface area contributed by atoms with Gasteiger partial charge in [0.15, 0.2) is 5.78 Å². The van der Waals surface area contributed by atoms with E-state index in [1.165, 1.54) is 0 Å². The number of rotatable bonds is 1. The second-order valence-electron chi connectivity index (χ2n) is 7.19. The lowest BCUT2D eigenvalue weighted by Crippen LogP contribution is -2.28. The summed E-state index contributed by atoms with van der Waals surface area (Å²) in [6.07, 6.45) is 0.130. The predicted molar refractivity (Wildman–Crippen MR) is 78.3 cm³/mol. The monoisotopic (exact) mass is 260 g/mol. The molecule has 2 heteroatoms. The van der Waals surface area contributed by atoms with E-state index in [2.05, 4.69) is 41.5 Å². The van der Waals surface area contributed by atoms with Gasteiger partial charge >= 0.3 is 0 Å². The van der Waals surface area contributed by atoms with Crippen LogP contribution in [-0.4, -0.2) is 11.9 Å². The van der Waals surface area contributed by atoms with Gasteiger partial charge in [-0.25, -0.2) is 0 Å². The lowest BCUT2D eigenvalue weighted by atomic mass is 9.77. The summed E-state index contributed by atoms with van der Waals surface area (Å²) < 4.78 is 6.10. The van der Waals surface area contributed by atoms with Crippen LogP contribution in [0.1, 0.15) is 70.0 Å². The number of hydrogen-bond donors (Lipinski definition) is 0. The number of Topliss-reactive ketones (excluding diaryl/α,β-unsaturated/α-hetero) is 1. The fraction of sp³-hybridized carbons (Fsp3) is 0.588. The number of benzene rings is 1. The zero-order valence-electron chi connectivity index (χ0n) is 13.0. The molecule has 0 aromatic heterocycles. The number of carbonyl (C=O) groups excluding carboxylic acids is 1. The number of hydrogen-bond acceptors (Lipinski definition) is 2. The van der Waals surface area contributed by atoms with Crippen LogP contribution in [0.4, 0.5) is 0 Å². The Labute approximate surface area is 116 Å². The molecule has 1 aromatic rings. The van der Waals surface area contributed by atoms with E-state index in [4.69, 9.17) is 4.74 Å². The fourth-order valence-electron chi connectivity index (χ4n) is 2.54. The Morgan fingerprint density at radius 1 is 1.26 bits per heavy atom. The summed E-state index contributed by atoms with van der Waals surface area (Å²) in [6, 6.07) is 4.01. The highest BCUT2D eigenvalue weighted by atomic mass is 16.5. The molecule has 1 aliphatic rings. The summed E-state index contributed by atoms with van der Waals surface area (Å²) in [4.78, 5) is 11.8. The second kappa shape index (κ2) is 4.09. The fourth-order valence-corrected chi connectivity index (χ4v) is 2.54. The van der Waals surface area contributed by atoms with Gasteiger partial charge in [-0.2, -0.15) is 0 Å². The quantitative estimate of drug-likeness (QED) is 0.706. The van der Waals surface area contributed by atoms with Crippen LogP contribution in [0.5, 0.6) is 5.75 Å². The molecule has 1 aromatic carbocycles. The molecule has 0 fully saturated rings. The minimum Gasteiger partial charge on any atom is -0.489 e. The second-order valence-corrected chi connectivity index (χ2v) is 7.19. The van der Waals surface area contributed by atoms with Crippen molar-refractivity contribution in [1.82, 2.24) is 0 Å². The lowest BCUT2D eigenvalue weighted by Gasteiger charge is -2.24. The van der Waals surface area contributed by atoms with Gasteiger partial charge in [-0.15, -0.1) is 0 Å². The van der Waals surface area contributed by atoms with Crippen molar-refractivity contribution in [3.63, 3.8) is 0 Å². The van der Waals surface area contributed by atoms with E-state index in [9.17, 15) is 4.79 Å². The van der Waals surface area contributed by atoms with Crippen molar-refractivity contribution >= 4 is 5.78 Å². The molecule has 0 radical (unpaired) electrons. The molecule has 19 heavy (non-hydrogen) atoms. The van der Waals surface area contributed by atoms with Gasteiger partial charge in [0.1, 0.15) is 11.9 Å². The summed E-state index contributed by atoms with van der Waals surface area (Å²) in [5, 5.41) is 0. The number of ether oxygens (including phenoxy) is 1. The third-order valence-electron chi connectivity index (χ3n) is 4.31. The normalized spacial score (nSPS) is 20.9. The van der Waals surface area contributed by atoms with Crippen molar-refractivity contribution in [2.45, 2.75) is 65.4 Å². The van der Waals surface area contributed by atoms with E-state index < -0.39 is 0 Å². The van der Waals surface area contributed by atoms with Crippen molar-refractivity contribution in [1.29, 1.82) is 0 Å². The number of ketones is 1. The van der Waals surface area contributed by atoms with Crippen LogP contribution in [-0.2, 0) is 10.8 Å². The molecule has 1 unspecified atom stereocenters. The van der Waals surface area contributed by atoms with Crippen molar-refractivity contribution in [3.8, 4) is 5.75 Å². The summed E-state index contributed by atoms with van der Waals surface area (Å²) in [6.45, 7) is 14.6. The molecule has 0 aliphatic carbocycles. The van der Waals surface area contributed by atoms with Gasteiger partial charge in [-0.05, 0) is 31.4 Å². The SMILES string of the molecule is CC(=O)c1cc(C(C)(C)C)c2c(c1)C(C)(C)C(C)O2. The average molecular weight is 260 g/mol. The maximum absolute atomic E-state index is 11.8. The highest BCUT2D eigenvalue weighted by molar-refractivity contribution is 5.95. The van der Waals surface area contributed by atoms with Crippen LogP contribution < -0.4 is 4.74 Å². The van der Waals surface area contributed by atoms with Gasteiger partial charge in [0, 0.05) is 22.1 Å². The average Bonchev–Trinajstić information content (AvgIpc) is 2.48. The van der Waals surface area contributed by atoms with E-state index in [0.29, 0.717) is 0 Å². The Morgan fingerprint density at radius 2 is 1.84 bits per heavy atom. The topological polar surface area (TPSA) is 26.3 Å². The molecule has 0 saturated heterocycles. The summed E-state index contributed by atoms with van der Waals surface area (Å²) in [5.74, 6) is 1.10. The van der Waals surface area contributed by atoms with Crippen LogP contribution >= 0.6 is 0 Å². The third kappa shape index (κ3) is 2.18. The third-order valence-corrected chi connectivity index (χ3v) is 4.31. The van der Waals surface area contributed by atoms with Gasteiger partial charge in [0.25, 0.3) is 0 Å². The van der Waals surface area contributed by atoms with E-state index in [-0.39, 0.29) is 22.7 Å². The molecule has 0 amide bonds. The minimum absolute atomic E-state index is 0.0321. The Balaban J connectivity index is 2.75. The smallest absolute Gasteiger partial charge is 0.159 e. The van der Waals surface area contributed by atoms with E-state index in [1.54, 1.807) is 6.92 Å². The molecular formula is C17H24O2. The van der Waals surface area contributed by atoms with Gasteiger partial charge < -0.3 is 4.74 Å². The molecule has 1 aliphatic heterocycles. The van der Waals surface area contributed by atoms with Crippen LogP contribution in [0.3, 0.4) is 0 Å². The molecule has 0 bridgehead atoms. The molecule has 2 nitrogen and oxygen atoms in total. The Morgan fingerprint density at radius 3 is 2.32 bits per heavy atom. The van der Waals surface area contributed by atoms with Gasteiger partial charge in [-0.1, -0.05) is 34.6 Å². The van der Waals surface area contributed by atoms with Crippen LogP contribution in [0, 0.1) is 0 Å². The Hall–Kier alpha value is -1.31. The predicted octanol–water partition coefficient (Wildman–Crippen LogP) is 4.25. The molecular weight excluding hydrogens is 236 g/mol. The van der Waals surface area contributed by atoms with E-state index >= 15 is 0 Å². The van der Waals surface area contributed by atoms with E-state index in [0.717, 1.165) is 22.4 Å². The Kier molecular flexibility index (Phi) is 3.04. The van der Waals surface area contributed by atoms with Crippen molar-refractivity contribution in [3.05, 3.63) is 28.8 Å². The van der Waals surface area contributed by atoms with Crippen LogP contribution in [0.2, 0.25) is 0 Å². The molecule has 0 saturated carbocycles. The largest absolute Gasteiger partial charge is 0.489 e. The van der Waals surface area contributed by atoms with Gasteiger partial charge in [0.05, 0.1) is 0 Å². The molecule has 0 N–H and O–H groups in total. The van der Waals surface area contributed by atoms with Crippen LogP contribution in [0.25, 0.3) is 0 Å². The molecule has 0 spiro atoms. The first kappa shape index (κ1) is 14.1. The zero-order chi connectivity index (χ0) is 14.6. The van der Waals surface area contributed by atoms with Gasteiger partial charge in [-0.3, -0.25) is 4.79 Å².